The van der Waals surface area contributed by atoms with Crippen molar-refractivity contribution >= 4 is 0 Å². The van der Waals surface area contributed by atoms with Gasteiger partial charge in [-0.15, -0.1) is 0 Å². The van der Waals surface area contributed by atoms with E-state index in [1.807, 2.05) is 0 Å². The Hall–Kier alpha value is -0.0800. The van der Waals surface area contributed by atoms with Gasteiger partial charge in [0.1, 0.15) is 0 Å². The Morgan fingerprint density at radius 2 is 1.67 bits per heavy atom. The highest BCUT2D eigenvalue weighted by molar-refractivity contribution is 4.83. The van der Waals surface area contributed by atoms with Gasteiger partial charge in [-0.2, -0.15) is 0 Å². The second kappa shape index (κ2) is 9.80. The van der Waals surface area contributed by atoms with Crippen LogP contribution in [-0.2, 0) is 0 Å². The van der Waals surface area contributed by atoms with Crippen LogP contribution >= 0.6 is 0 Å². The predicted molar refractivity (Wildman–Crippen MR) is 83.1 cm³/mol. The predicted octanol–water partition coefficient (Wildman–Crippen LogP) is 3.77. The van der Waals surface area contributed by atoms with Crippen LogP contribution in [0.4, 0.5) is 0 Å². The summed E-state index contributed by atoms with van der Waals surface area (Å²) in [7, 11) is 0. The molecule has 0 aromatic carbocycles. The molecule has 0 heterocycles. The van der Waals surface area contributed by atoms with Crippen LogP contribution in [0.25, 0.3) is 0 Å². The average molecular weight is 256 g/mol. The quantitative estimate of drug-likeness (QED) is 0.605. The summed E-state index contributed by atoms with van der Waals surface area (Å²) in [5.74, 6) is 0.745. The standard InChI is InChI=1S/C16H36N2/c1-7-11-18(10-4)14-16(8-2,9-3)13-17-12-15(5)6/h15,17H,7-14H2,1-6H3. The summed E-state index contributed by atoms with van der Waals surface area (Å²) in [6.07, 6.45) is 3.81. The maximum absolute atomic E-state index is 3.67. The minimum Gasteiger partial charge on any atom is -0.316 e. The van der Waals surface area contributed by atoms with E-state index in [1.165, 1.54) is 45.4 Å². The third kappa shape index (κ3) is 6.75. The molecule has 0 atom stereocenters. The van der Waals surface area contributed by atoms with Crippen molar-refractivity contribution < 1.29 is 0 Å². The highest BCUT2D eigenvalue weighted by atomic mass is 15.1. The molecule has 2 heteroatoms. The number of nitrogens with one attached hydrogen (secondary N) is 1. The van der Waals surface area contributed by atoms with E-state index in [9.17, 15) is 0 Å². The van der Waals surface area contributed by atoms with E-state index in [4.69, 9.17) is 0 Å². The van der Waals surface area contributed by atoms with Gasteiger partial charge in [0.25, 0.3) is 0 Å². The van der Waals surface area contributed by atoms with E-state index >= 15 is 0 Å². The van der Waals surface area contributed by atoms with Gasteiger partial charge < -0.3 is 10.2 Å². The Kier molecular flexibility index (Phi) is 9.76. The van der Waals surface area contributed by atoms with Crippen LogP contribution in [0, 0.1) is 11.3 Å². The van der Waals surface area contributed by atoms with Crippen LogP contribution < -0.4 is 5.32 Å². The van der Waals surface area contributed by atoms with Crippen LogP contribution in [0.5, 0.6) is 0 Å². The zero-order valence-corrected chi connectivity index (χ0v) is 13.7. The van der Waals surface area contributed by atoms with Crippen LogP contribution in [0.15, 0.2) is 0 Å². The van der Waals surface area contributed by atoms with E-state index < -0.39 is 0 Å². The van der Waals surface area contributed by atoms with Crippen molar-refractivity contribution in [1.29, 1.82) is 0 Å². The number of nitrogens with zero attached hydrogens (tertiary/aromatic N) is 1. The topological polar surface area (TPSA) is 15.3 Å². The minimum absolute atomic E-state index is 0.458. The molecule has 0 aliphatic rings. The maximum Gasteiger partial charge on any atom is 0.00498 e. The van der Waals surface area contributed by atoms with Crippen LogP contribution in [-0.4, -0.2) is 37.6 Å². The van der Waals surface area contributed by atoms with Crippen LogP contribution in [0.3, 0.4) is 0 Å². The van der Waals surface area contributed by atoms with Crippen molar-refractivity contribution in [3.8, 4) is 0 Å². The molecule has 0 unspecified atom stereocenters. The summed E-state index contributed by atoms with van der Waals surface area (Å²) in [4.78, 5) is 2.62. The molecule has 2 nitrogen and oxygen atoms in total. The Morgan fingerprint density at radius 3 is 2.06 bits per heavy atom. The van der Waals surface area contributed by atoms with E-state index in [1.54, 1.807) is 0 Å². The Bertz CT molecular complexity index is 186. The van der Waals surface area contributed by atoms with Crippen molar-refractivity contribution in [3.05, 3.63) is 0 Å². The molecule has 0 rings (SSSR count). The van der Waals surface area contributed by atoms with Crippen molar-refractivity contribution in [1.82, 2.24) is 10.2 Å². The van der Waals surface area contributed by atoms with Gasteiger partial charge in [0.05, 0.1) is 0 Å². The Morgan fingerprint density at radius 1 is 1.06 bits per heavy atom. The fourth-order valence-electron chi connectivity index (χ4n) is 2.55. The summed E-state index contributed by atoms with van der Waals surface area (Å²) in [5, 5.41) is 3.67. The van der Waals surface area contributed by atoms with Gasteiger partial charge in [-0.25, -0.2) is 0 Å². The second-order valence-electron chi connectivity index (χ2n) is 6.10. The van der Waals surface area contributed by atoms with Gasteiger partial charge in [0.2, 0.25) is 0 Å². The van der Waals surface area contributed by atoms with Crippen molar-refractivity contribution in [2.45, 2.75) is 60.8 Å². The minimum atomic E-state index is 0.458. The molecule has 0 radical (unpaired) electrons. The Balaban J connectivity index is 4.38. The molecule has 0 saturated heterocycles. The monoisotopic (exact) mass is 256 g/mol. The lowest BCUT2D eigenvalue weighted by atomic mass is 9.81. The summed E-state index contributed by atoms with van der Waals surface area (Å²) < 4.78 is 0. The Labute approximate surface area is 116 Å². The fraction of sp³-hybridized carbons (Fsp3) is 1.00. The van der Waals surface area contributed by atoms with Gasteiger partial charge in [-0.05, 0) is 50.2 Å². The highest BCUT2D eigenvalue weighted by Crippen LogP contribution is 2.27. The SMILES string of the molecule is CCCN(CC)CC(CC)(CC)CNCC(C)C. The molecular formula is C16H36N2. The van der Waals surface area contributed by atoms with Gasteiger partial charge in [-0.1, -0.05) is 41.5 Å². The largest absolute Gasteiger partial charge is 0.316 e. The summed E-state index contributed by atoms with van der Waals surface area (Å²) >= 11 is 0. The smallest absolute Gasteiger partial charge is 0.00498 e. The second-order valence-corrected chi connectivity index (χ2v) is 6.10. The molecule has 0 aromatic rings. The molecule has 1 N–H and O–H groups in total. The lowest BCUT2D eigenvalue weighted by molar-refractivity contribution is 0.138. The molecule has 0 amide bonds. The molecule has 0 fully saturated rings. The first-order chi connectivity index (χ1) is 8.53. The molecule has 110 valence electrons. The normalized spacial score (nSPS) is 12.7. The maximum atomic E-state index is 3.67. The fourth-order valence-corrected chi connectivity index (χ4v) is 2.55. The van der Waals surface area contributed by atoms with Crippen LogP contribution in [0.1, 0.15) is 60.8 Å². The summed E-state index contributed by atoms with van der Waals surface area (Å²) in [5.41, 5.74) is 0.458. The molecule has 18 heavy (non-hydrogen) atoms. The van der Waals surface area contributed by atoms with Crippen molar-refractivity contribution in [2.24, 2.45) is 11.3 Å². The molecule has 0 aromatic heterocycles. The number of hydrogen-bond acceptors (Lipinski definition) is 2. The first kappa shape index (κ1) is 17.9. The number of rotatable bonds is 11. The van der Waals surface area contributed by atoms with Gasteiger partial charge in [0.15, 0.2) is 0 Å². The zero-order chi connectivity index (χ0) is 14.0. The molecular weight excluding hydrogens is 220 g/mol. The summed E-state index contributed by atoms with van der Waals surface area (Å²) in [6, 6.07) is 0. The third-order valence-electron chi connectivity index (χ3n) is 4.10. The zero-order valence-electron chi connectivity index (χ0n) is 13.7. The van der Waals surface area contributed by atoms with Gasteiger partial charge >= 0.3 is 0 Å². The van der Waals surface area contributed by atoms with Crippen molar-refractivity contribution in [2.75, 3.05) is 32.7 Å². The van der Waals surface area contributed by atoms with E-state index in [-0.39, 0.29) is 0 Å². The summed E-state index contributed by atoms with van der Waals surface area (Å²) in [6.45, 7) is 19.8. The number of hydrogen-bond donors (Lipinski definition) is 1. The van der Waals surface area contributed by atoms with Gasteiger partial charge in [0, 0.05) is 13.1 Å². The van der Waals surface area contributed by atoms with E-state index in [0.717, 1.165) is 12.5 Å². The first-order valence-electron chi connectivity index (χ1n) is 7.96. The van der Waals surface area contributed by atoms with E-state index in [2.05, 4.69) is 51.8 Å². The molecule has 0 saturated carbocycles. The average Bonchev–Trinajstić information content (AvgIpc) is 2.36. The first-order valence-corrected chi connectivity index (χ1v) is 7.96. The molecule has 0 aliphatic heterocycles. The highest BCUT2D eigenvalue weighted by Gasteiger charge is 2.27. The van der Waals surface area contributed by atoms with E-state index in [0.29, 0.717) is 5.41 Å². The molecule has 0 aliphatic carbocycles. The lowest BCUT2D eigenvalue weighted by Gasteiger charge is -2.37. The van der Waals surface area contributed by atoms with Gasteiger partial charge in [-0.3, -0.25) is 0 Å². The van der Waals surface area contributed by atoms with Crippen LogP contribution in [0.2, 0.25) is 0 Å². The third-order valence-corrected chi connectivity index (χ3v) is 4.10. The lowest BCUT2D eigenvalue weighted by Crippen LogP contribution is -2.44. The molecule has 0 spiro atoms. The molecule has 0 bridgehead atoms. The van der Waals surface area contributed by atoms with Crippen molar-refractivity contribution in [3.63, 3.8) is 0 Å².